The Morgan fingerprint density at radius 3 is 2.48 bits per heavy atom. The van der Waals surface area contributed by atoms with Crippen LogP contribution >= 0.6 is 0 Å². The number of rotatable bonds is 7. The highest BCUT2D eigenvalue weighted by Crippen LogP contribution is 2.37. The van der Waals surface area contributed by atoms with Crippen LogP contribution in [0.4, 0.5) is 0 Å². The summed E-state index contributed by atoms with van der Waals surface area (Å²) in [7, 11) is 3.19. The second-order valence-corrected chi connectivity index (χ2v) is 5.74. The predicted molar refractivity (Wildman–Crippen MR) is 83.8 cm³/mol. The highest BCUT2D eigenvalue weighted by Gasteiger charge is 2.19. The molecule has 23 heavy (non-hydrogen) atoms. The first-order valence-corrected chi connectivity index (χ1v) is 7.95. The highest BCUT2D eigenvalue weighted by molar-refractivity contribution is 5.51. The topological polar surface area (TPSA) is 66.6 Å². The number of para-hydroxylation sites is 1. The van der Waals surface area contributed by atoms with Gasteiger partial charge < -0.3 is 18.7 Å². The van der Waals surface area contributed by atoms with E-state index in [1.165, 1.54) is 25.7 Å². The van der Waals surface area contributed by atoms with Crippen LogP contribution in [0.5, 0.6) is 17.2 Å². The van der Waals surface area contributed by atoms with E-state index in [0.29, 0.717) is 34.9 Å². The molecule has 0 bridgehead atoms. The second-order valence-electron chi connectivity index (χ2n) is 5.74. The summed E-state index contributed by atoms with van der Waals surface area (Å²) in [5, 5.41) is 3.99. The standard InChI is InChI=1S/C17H22N2O4/c1-20-13-8-5-9-14(21-2)17(13)22-11-15-18-16(23-19-15)10-12-6-3-4-7-12/h5,8-9,12H,3-4,6-7,10-11H2,1-2H3. The summed E-state index contributed by atoms with van der Waals surface area (Å²) >= 11 is 0. The molecule has 2 aromatic rings. The molecule has 3 rings (SSSR count). The van der Waals surface area contributed by atoms with Crippen LogP contribution in [0.1, 0.15) is 37.4 Å². The Balaban J connectivity index is 1.63. The lowest BCUT2D eigenvalue weighted by Gasteiger charge is -2.12. The molecule has 1 heterocycles. The molecule has 1 aliphatic rings. The minimum absolute atomic E-state index is 0.213. The fraction of sp³-hybridized carbons (Fsp3) is 0.529. The van der Waals surface area contributed by atoms with Gasteiger partial charge in [0, 0.05) is 6.42 Å². The van der Waals surface area contributed by atoms with Crippen LogP contribution in [0.2, 0.25) is 0 Å². The number of hydrogen-bond acceptors (Lipinski definition) is 6. The van der Waals surface area contributed by atoms with Gasteiger partial charge >= 0.3 is 0 Å². The van der Waals surface area contributed by atoms with Gasteiger partial charge in [-0.25, -0.2) is 0 Å². The number of aromatic nitrogens is 2. The first-order valence-electron chi connectivity index (χ1n) is 7.95. The maximum absolute atomic E-state index is 5.78. The van der Waals surface area contributed by atoms with E-state index in [1.807, 2.05) is 18.2 Å². The maximum atomic E-state index is 5.78. The molecule has 1 aliphatic carbocycles. The van der Waals surface area contributed by atoms with E-state index in [-0.39, 0.29) is 6.61 Å². The van der Waals surface area contributed by atoms with Gasteiger partial charge in [0.25, 0.3) is 0 Å². The molecular formula is C17H22N2O4. The van der Waals surface area contributed by atoms with Crippen molar-refractivity contribution >= 4 is 0 Å². The Kier molecular flexibility index (Phi) is 5.00. The van der Waals surface area contributed by atoms with Crippen molar-refractivity contribution in [2.75, 3.05) is 14.2 Å². The first kappa shape index (κ1) is 15.6. The quantitative estimate of drug-likeness (QED) is 0.779. The summed E-state index contributed by atoms with van der Waals surface area (Å²) < 4.78 is 21.7. The summed E-state index contributed by atoms with van der Waals surface area (Å²) in [6.45, 7) is 0.213. The van der Waals surface area contributed by atoms with Crippen molar-refractivity contribution in [1.82, 2.24) is 10.1 Å². The molecule has 1 aromatic carbocycles. The third kappa shape index (κ3) is 3.75. The Morgan fingerprint density at radius 1 is 1.13 bits per heavy atom. The zero-order chi connectivity index (χ0) is 16.1. The highest BCUT2D eigenvalue weighted by atomic mass is 16.5. The largest absolute Gasteiger partial charge is 0.493 e. The molecule has 1 fully saturated rings. The molecule has 0 N–H and O–H groups in total. The van der Waals surface area contributed by atoms with Crippen molar-refractivity contribution < 1.29 is 18.7 Å². The molecule has 1 saturated carbocycles. The number of hydrogen-bond donors (Lipinski definition) is 0. The molecule has 6 nitrogen and oxygen atoms in total. The van der Waals surface area contributed by atoms with Gasteiger partial charge in [0.05, 0.1) is 14.2 Å². The van der Waals surface area contributed by atoms with Crippen molar-refractivity contribution in [2.24, 2.45) is 5.92 Å². The maximum Gasteiger partial charge on any atom is 0.227 e. The molecule has 0 atom stereocenters. The van der Waals surface area contributed by atoms with Crippen molar-refractivity contribution in [3.05, 3.63) is 29.9 Å². The van der Waals surface area contributed by atoms with Crippen LogP contribution in [0.15, 0.2) is 22.7 Å². The van der Waals surface area contributed by atoms with E-state index in [4.69, 9.17) is 18.7 Å². The Hall–Kier alpha value is -2.24. The minimum atomic E-state index is 0.213. The van der Waals surface area contributed by atoms with E-state index < -0.39 is 0 Å². The van der Waals surface area contributed by atoms with Gasteiger partial charge in [-0.05, 0) is 30.9 Å². The average molecular weight is 318 g/mol. The predicted octanol–water partition coefficient (Wildman–Crippen LogP) is 3.40. The lowest BCUT2D eigenvalue weighted by molar-refractivity contribution is 0.253. The molecular weight excluding hydrogens is 296 g/mol. The summed E-state index contributed by atoms with van der Waals surface area (Å²) in [4.78, 5) is 4.42. The zero-order valence-electron chi connectivity index (χ0n) is 13.6. The molecule has 0 amide bonds. The smallest absolute Gasteiger partial charge is 0.227 e. The summed E-state index contributed by atoms with van der Waals surface area (Å²) in [6, 6.07) is 5.48. The average Bonchev–Trinajstić information content (AvgIpc) is 3.25. The lowest BCUT2D eigenvalue weighted by atomic mass is 10.0. The van der Waals surface area contributed by atoms with E-state index in [1.54, 1.807) is 14.2 Å². The molecule has 6 heteroatoms. The van der Waals surface area contributed by atoms with Gasteiger partial charge in [-0.2, -0.15) is 4.98 Å². The van der Waals surface area contributed by atoms with Crippen molar-refractivity contribution in [3.63, 3.8) is 0 Å². The van der Waals surface area contributed by atoms with E-state index >= 15 is 0 Å². The lowest BCUT2D eigenvalue weighted by Crippen LogP contribution is -2.02. The van der Waals surface area contributed by atoms with Gasteiger partial charge in [0.2, 0.25) is 17.5 Å². The fourth-order valence-corrected chi connectivity index (χ4v) is 2.99. The van der Waals surface area contributed by atoms with Crippen LogP contribution in [-0.2, 0) is 13.0 Å². The van der Waals surface area contributed by atoms with Crippen molar-refractivity contribution in [3.8, 4) is 17.2 Å². The van der Waals surface area contributed by atoms with E-state index in [9.17, 15) is 0 Å². The van der Waals surface area contributed by atoms with Gasteiger partial charge in [0.15, 0.2) is 18.1 Å². The normalized spacial score (nSPS) is 14.9. The monoisotopic (exact) mass is 318 g/mol. The number of ether oxygens (including phenoxy) is 3. The van der Waals surface area contributed by atoms with Gasteiger partial charge in [-0.1, -0.05) is 24.1 Å². The van der Waals surface area contributed by atoms with Crippen molar-refractivity contribution in [2.45, 2.75) is 38.7 Å². The molecule has 0 aliphatic heterocycles. The minimum Gasteiger partial charge on any atom is -0.493 e. The molecule has 0 unspecified atom stereocenters. The second kappa shape index (κ2) is 7.35. The first-order chi connectivity index (χ1) is 11.3. The third-order valence-electron chi connectivity index (χ3n) is 4.18. The van der Waals surface area contributed by atoms with Crippen LogP contribution in [0, 0.1) is 5.92 Å². The van der Waals surface area contributed by atoms with Crippen LogP contribution in [0.3, 0.4) is 0 Å². The Labute approximate surface area is 135 Å². The fourth-order valence-electron chi connectivity index (χ4n) is 2.99. The Morgan fingerprint density at radius 2 is 1.83 bits per heavy atom. The van der Waals surface area contributed by atoms with E-state index in [2.05, 4.69) is 10.1 Å². The summed E-state index contributed by atoms with van der Waals surface area (Å²) in [5.74, 6) is 3.67. The van der Waals surface area contributed by atoms with Gasteiger partial charge in [-0.15, -0.1) is 0 Å². The number of methoxy groups -OCH3 is 2. The van der Waals surface area contributed by atoms with Crippen LogP contribution in [-0.4, -0.2) is 24.4 Å². The zero-order valence-corrected chi connectivity index (χ0v) is 13.6. The van der Waals surface area contributed by atoms with Crippen molar-refractivity contribution in [1.29, 1.82) is 0 Å². The summed E-state index contributed by atoms with van der Waals surface area (Å²) in [6.07, 6.45) is 6.00. The molecule has 0 radical (unpaired) electrons. The van der Waals surface area contributed by atoms with Crippen LogP contribution in [0.25, 0.3) is 0 Å². The van der Waals surface area contributed by atoms with Gasteiger partial charge in [0.1, 0.15) is 0 Å². The van der Waals surface area contributed by atoms with E-state index in [0.717, 1.165) is 6.42 Å². The molecule has 0 spiro atoms. The third-order valence-corrected chi connectivity index (χ3v) is 4.18. The number of benzene rings is 1. The number of nitrogens with zero attached hydrogens (tertiary/aromatic N) is 2. The molecule has 1 aromatic heterocycles. The summed E-state index contributed by atoms with van der Waals surface area (Å²) in [5.41, 5.74) is 0. The SMILES string of the molecule is COc1cccc(OC)c1OCc1noc(CC2CCCC2)n1. The van der Waals surface area contributed by atoms with Crippen LogP contribution < -0.4 is 14.2 Å². The molecule has 124 valence electrons. The Bertz CT molecular complexity index is 613. The van der Waals surface area contributed by atoms with Gasteiger partial charge in [-0.3, -0.25) is 0 Å². The molecule has 0 saturated heterocycles.